The van der Waals surface area contributed by atoms with Crippen molar-refractivity contribution >= 4 is 23.4 Å². The number of pyridine rings is 1. The molecule has 104 valence electrons. The first-order chi connectivity index (χ1) is 10.2. The molecule has 4 nitrogen and oxygen atoms in total. The van der Waals surface area contributed by atoms with Crippen LogP contribution in [-0.2, 0) is 0 Å². The molecule has 2 aromatic rings. The molecule has 0 spiro atoms. The summed E-state index contributed by atoms with van der Waals surface area (Å²) >= 11 is 0. The highest BCUT2D eigenvalue weighted by atomic mass is 15.6. The number of rotatable bonds is 1. The van der Waals surface area contributed by atoms with E-state index in [4.69, 9.17) is 4.98 Å². The highest BCUT2D eigenvalue weighted by molar-refractivity contribution is 6.13. The van der Waals surface area contributed by atoms with E-state index in [1.165, 1.54) is 11.1 Å². The average molecular weight is 276 g/mol. The molecule has 21 heavy (non-hydrogen) atoms. The molecule has 0 unspecified atom stereocenters. The van der Waals surface area contributed by atoms with Gasteiger partial charge in [0.1, 0.15) is 12.5 Å². The first kappa shape index (κ1) is 12.1. The molecule has 1 aromatic heterocycles. The van der Waals surface area contributed by atoms with Crippen molar-refractivity contribution in [2.75, 3.05) is 16.6 Å². The van der Waals surface area contributed by atoms with Crippen LogP contribution in [-0.4, -0.2) is 17.5 Å². The molecule has 1 aromatic carbocycles. The lowest BCUT2D eigenvalue weighted by atomic mass is 10.1. The van der Waals surface area contributed by atoms with Crippen molar-refractivity contribution in [2.45, 2.75) is 13.8 Å². The zero-order valence-electron chi connectivity index (χ0n) is 12.1. The zero-order chi connectivity index (χ0) is 14.4. The Morgan fingerprint density at radius 1 is 1.05 bits per heavy atom. The topological polar surface area (TPSA) is 31.7 Å². The normalized spacial score (nSPS) is 15.8. The lowest BCUT2D eigenvalue weighted by molar-refractivity contribution is 0.898. The average Bonchev–Trinajstić information content (AvgIpc) is 2.92. The highest BCUT2D eigenvalue weighted by Gasteiger charge is 2.29. The number of amidine groups is 1. The molecule has 2 aliphatic rings. The summed E-state index contributed by atoms with van der Waals surface area (Å²) in [4.78, 5) is 6.88. The Labute approximate surface area is 124 Å². The van der Waals surface area contributed by atoms with Gasteiger partial charge in [0.05, 0.1) is 5.69 Å². The molecule has 4 heteroatoms. The number of aryl methyl sites for hydroxylation is 2. The second kappa shape index (κ2) is 4.45. The SMILES string of the molecule is Cc1cc(C)c2c(n1)N1CN(c3ccccc3)N=C1C=C2. The van der Waals surface area contributed by atoms with Gasteiger partial charge in [-0.15, -0.1) is 0 Å². The van der Waals surface area contributed by atoms with Crippen molar-refractivity contribution in [3.63, 3.8) is 0 Å². The number of nitrogens with zero attached hydrogens (tertiary/aromatic N) is 4. The number of anilines is 2. The predicted octanol–water partition coefficient (Wildman–Crippen LogP) is 3.32. The third-order valence-corrected chi connectivity index (χ3v) is 3.86. The molecule has 4 rings (SSSR count). The van der Waals surface area contributed by atoms with Crippen LogP contribution >= 0.6 is 0 Å². The zero-order valence-corrected chi connectivity index (χ0v) is 12.1. The summed E-state index contributed by atoms with van der Waals surface area (Å²) in [7, 11) is 0. The van der Waals surface area contributed by atoms with Gasteiger partial charge in [-0.3, -0.25) is 4.90 Å². The molecule has 0 atom stereocenters. The van der Waals surface area contributed by atoms with Gasteiger partial charge >= 0.3 is 0 Å². The first-order valence-corrected chi connectivity index (χ1v) is 7.07. The summed E-state index contributed by atoms with van der Waals surface area (Å²) in [6.45, 7) is 4.87. The minimum Gasteiger partial charge on any atom is -0.289 e. The summed E-state index contributed by atoms with van der Waals surface area (Å²) in [5.41, 5.74) is 4.58. The molecule has 3 heterocycles. The third-order valence-electron chi connectivity index (χ3n) is 3.86. The van der Waals surface area contributed by atoms with E-state index in [9.17, 15) is 0 Å². The van der Waals surface area contributed by atoms with E-state index in [0.29, 0.717) is 6.67 Å². The van der Waals surface area contributed by atoms with Gasteiger partial charge in [0, 0.05) is 11.3 Å². The van der Waals surface area contributed by atoms with Gasteiger partial charge in [-0.05, 0) is 49.8 Å². The number of hydrazone groups is 1. The van der Waals surface area contributed by atoms with Crippen LogP contribution in [0.25, 0.3) is 6.08 Å². The van der Waals surface area contributed by atoms with Gasteiger partial charge in [-0.25, -0.2) is 9.99 Å². The molecule has 0 N–H and O–H groups in total. The van der Waals surface area contributed by atoms with Crippen molar-refractivity contribution in [1.29, 1.82) is 0 Å². The Balaban J connectivity index is 1.76. The summed E-state index contributed by atoms with van der Waals surface area (Å²) in [6.07, 6.45) is 4.18. The fourth-order valence-electron chi connectivity index (χ4n) is 2.85. The van der Waals surface area contributed by atoms with Gasteiger partial charge < -0.3 is 0 Å². The number of fused-ring (bicyclic) bond motifs is 3. The molecular weight excluding hydrogens is 260 g/mol. The Hall–Kier alpha value is -2.62. The van der Waals surface area contributed by atoms with Crippen LogP contribution in [0.1, 0.15) is 16.8 Å². The minimum absolute atomic E-state index is 0.701. The molecule has 0 saturated heterocycles. The van der Waals surface area contributed by atoms with E-state index in [-0.39, 0.29) is 0 Å². The molecular formula is C17H16N4. The maximum absolute atomic E-state index is 4.71. The van der Waals surface area contributed by atoms with Crippen molar-refractivity contribution in [3.05, 3.63) is 59.3 Å². The van der Waals surface area contributed by atoms with Crippen LogP contribution in [0.3, 0.4) is 0 Å². The number of hydrogen-bond acceptors (Lipinski definition) is 4. The molecule has 0 aliphatic carbocycles. The fourth-order valence-corrected chi connectivity index (χ4v) is 2.85. The molecule has 0 amide bonds. The van der Waals surface area contributed by atoms with Crippen LogP contribution in [0, 0.1) is 13.8 Å². The molecule has 0 radical (unpaired) electrons. The standard InChI is InChI=1S/C17H16N4/c1-12-10-13(2)18-17-15(12)8-9-16-19-21(11-20(16)17)14-6-4-3-5-7-14/h3-10H,11H2,1-2H3. The minimum atomic E-state index is 0.701. The van der Waals surface area contributed by atoms with Crippen molar-refractivity contribution < 1.29 is 0 Å². The molecule has 0 fully saturated rings. The molecule has 0 bridgehead atoms. The summed E-state index contributed by atoms with van der Waals surface area (Å²) in [6, 6.07) is 12.3. The second-order valence-corrected chi connectivity index (χ2v) is 5.41. The Morgan fingerprint density at radius 3 is 2.67 bits per heavy atom. The van der Waals surface area contributed by atoms with Gasteiger partial charge in [0.25, 0.3) is 0 Å². The van der Waals surface area contributed by atoms with E-state index in [1.807, 2.05) is 30.1 Å². The third kappa shape index (κ3) is 1.91. The summed E-state index contributed by atoms with van der Waals surface area (Å²) < 4.78 is 0. The lowest BCUT2D eigenvalue weighted by Gasteiger charge is -2.25. The Bertz CT molecular complexity index is 762. The number of aromatic nitrogens is 1. The Kier molecular flexibility index (Phi) is 2.57. The summed E-state index contributed by atoms with van der Waals surface area (Å²) in [5, 5.41) is 6.70. The van der Waals surface area contributed by atoms with Crippen LogP contribution in [0.4, 0.5) is 11.5 Å². The van der Waals surface area contributed by atoms with Gasteiger partial charge in [0.15, 0.2) is 5.84 Å². The Morgan fingerprint density at radius 2 is 1.86 bits per heavy atom. The highest BCUT2D eigenvalue weighted by Crippen LogP contribution is 2.32. The van der Waals surface area contributed by atoms with Crippen LogP contribution < -0.4 is 9.91 Å². The molecule has 2 aliphatic heterocycles. The van der Waals surface area contributed by atoms with Crippen LogP contribution in [0.2, 0.25) is 0 Å². The maximum Gasteiger partial charge on any atom is 0.156 e. The van der Waals surface area contributed by atoms with E-state index in [1.54, 1.807) is 0 Å². The van der Waals surface area contributed by atoms with E-state index >= 15 is 0 Å². The summed E-state index contributed by atoms with van der Waals surface area (Å²) in [5.74, 6) is 1.95. The second-order valence-electron chi connectivity index (χ2n) is 5.41. The molecule has 0 saturated carbocycles. The first-order valence-electron chi connectivity index (χ1n) is 7.07. The number of para-hydroxylation sites is 1. The number of benzene rings is 1. The largest absolute Gasteiger partial charge is 0.289 e. The van der Waals surface area contributed by atoms with E-state index in [2.05, 4.69) is 47.3 Å². The fraction of sp³-hybridized carbons (Fsp3) is 0.176. The number of hydrogen-bond donors (Lipinski definition) is 0. The predicted molar refractivity (Wildman–Crippen MR) is 86.4 cm³/mol. The van der Waals surface area contributed by atoms with Crippen LogP contribution in [0.15, 0.2) is 47.6 Å². The maximum atomic E-state index is 4.71. The van der Waals surface area contributed by atoms with Crippen molar-refractivity contribution in [3.8, 4) is 0 Å². The monoisotopic (exact) mass is 276 g/mol. The van der Waals surface area contributed by atoms with Gasteiger partial charge in [-0.2, -0.15) is 5.10 Å². The van der Waals surface area contributed by atoms with Crippen molar-refractivity contribution in [1.82, 2.24) is 4.98 Å². The van der Waals surface area contributed by atoms with E-state index in [0.717, 1.165) is 23.0 Å². The quantitative estimate of drug-likeness (QED) is 0.800. The van der Waals surface area contributed by atoms with E-state index < -0.39 is 0 Å². The van der Waals surface area contributed by atoms with Gasteiger partial charge in [0.2, 0.25) is 0 Å². The lowest BCUT2D eigenvalue weighted by Crippen LogP contribution is -2.33. The van der Waals surface area contributed by atoms with Gasteiger partial charge in [-0.1, -0.05) is 18.2 Å². The smallest absolute Gasteiger partial charge is 0.156 e. The van der Waals surface area contributed by atoms with Crippen molar-refractivity contribution in [2.24, 2.45) is 5.10 Å². The van der Waals surface area contributed by atoms with Crippen LogP contribution in [0.5, 0.6) is 0 Å².